The van der Waals surface area contributed by atoms with Gasteiger partial charge in [0.2, 0.25) is 11.2 Å². The Bertz CT molecular complexity index is 730. The highest BCUT2D eigenvalue weighted by Crippen LogP contribution is 2.46. The minimum Gasteiger partial charge on any atom is -0.393 e. The molecule has 0 aromatic carbocycles. The van der Waals surface area contributed by atoms with E-state index in [1.165, 1.54) is 0 Å². The number of aliphatic imine (C=N–C) groups is 1. The summed E-state index contributed by atoms with van der Waals surface area (Å²) in [5, 5.41) is 14.2. The molecule has 5 atom stereocenters. The topological polar surface area (TPSA) is 68.9 Å². The molecule has 2 heterocycles. The number of aliphatic hydroxyl groups excluding tert-OH is 1. The fourth-order valence-corrected chi connectivity index (χ4v) is 4.91. The van der Waals surface area contributed by atoms with Crippen molar-refractivity contribution in [1.82, 2.24) is 14.9 Å². The molecule has 0 spiro atoms. The first-order valence-corrected chi connectivity index (χ1v) is 9.86. The van der Waals surface area contributed by atoms with Crippen molar-refractivity contribution in [2.45, 2.75) is 57.5 Å². The predicted octanol–water partition coefficient (Wildman–Crippen LogP) is 2.06. The molecule has 144 valence electrons. The molecule has 0 radical (unpaired) electrons. The zero-order valence-electron chi connectivity index (χ0n) is 16.1. The minimum atomic E-state index is -0.240. The average Bonchev–Trinajstić information content (AvgIpc) is 3.24. The second kappa shape index (κ2) is 6.39. The van der Waals surface area contributed by atoms with Gasteiger partial charge in [-0.05, 0) is 56.5 Å². The molecule has 5 unspecified atom stereocenters. The number of rotatable bonds is 4. The number of nitrogens with zero attached hydrogens (tertiary/aromatic N) is 5. The highest BCUT2D eigenvalue weighted by atomic mass is 35.5. The number of aromatic nitrogens is 2. The standard InChI is InChI=1S/C18H29ClN6O/c1-9(2)23(3)18-21-14-15(22-17(19)24(4)16(14)25(18)5)20-12-7-11-6-10(12)8-13(11)26/h9-13,15,20,26H,6-8H2,1-5H3. The van der Waals surface area contributed by atoms with E-state index in [0.29, 0.717) is 29.2 Å². The van der Waals surface area contributed by atoms with Crippen LogP contribution in [-0.4, -0.2) is 52.2 Å². The Morgan fingerprint density at radius 3 is 2.54 bits per heavy atom. The van der Waals surface area contributed by atoms with Crippen molar-refractivity contribution in [3.63, 3.8) is 0 Å². The minimum absolute atomic E-state index is 0.126. The molecule has 1 aromatic rings. The van der Waals surface area contributed by atoms with E-state index in [0.717, 1.165) is 36.7 Å². The van der Waals surface area contributed by atoms with Crippen LogP contribution >= 0.6 is 11.6 Å². The first-order chi connectivity index (χ1) is 12.3. The summed E-state index contributed by atoms with van der Waals surface area (Å²) in [6.45, 7) is 4.30. The molecule has 2 saturated carbocycles. The molecule has 0 saturated heterocycles. The second-order valence-electron chi connectivity index (χ2n) is 8.31. The lowest BCUT2D eigenvalue weighted by Gasteiger charge is -2.32. The molecule has 4 rings (SSSR count). The Morgan fingerprint density at radius 2 is 1.96 bits per heavy atom. The maximum absolute atomic E-state index is 10.0. The van der Waals surface area contributed by atoms with Gasteiger partial charge in [-0.15, -0.1) is 0 Å². The van der Waals surface area contributed by atoms with Crippen molar-refractivity contribution >= 4 is 28.7 Å². The van der Waals surface area contributed by atoms with Crippen LogP contribution < -0.4 is 15.1 Å². The van der Waals surface area contributed by atoms with Gasteiger partial charge in [0.25, 0.3) is 0 Å². The smallest absolute Gasteiger partial charge is 0.207 e. The zero-order valence-corrected chi connectivity index (χ0v) is 16.9. The summed E-state index contributed by atoms with van der Waals surface area (Å²) in [4.78, 5) is 13.6. The summed E-state index contributed by atoms with van der Waals surface area (Å²) >= 11 is 6.44. The van der Waals surface area contributed by atoms with Gasteiger partial charge in [0, 0.05) is 33.2 Å². The molecule has 2 aliphatic carbocycles. The molecule has 7 nitrogen and oxygen atoms in total. The molecular formula is C18H29ClN6O. The maximum atomic E-state index is 10.0. The van der Waals surface area contributed by atoms with Crippen LogP contribution in [0.25, 0.3) is 0 Å². The number of amidine groups is 1. The summed E-state index contributed by atoms with van der Waals surface area (Å²) in [5.41, 5.74) is 0.922. The van der Waals surface area contributed by atoms with Gasteiger partial charge in [-0.3, -0.25) is 9.88 Å². The number of fused-ring (bicyclic) bond motifs is 3. The predicted molar refractivity (Wildman–Crippen MR) is 105 cm³/mol. The number of nitrogens with one attached hydrogen (secondary N) is 1. The Hall–Kier alpha value is -1.31. The molecule has 2 fully saturated rings. The lowest BCUT2D eigenvalue weighted by atomic mass is 9.93. The third kappa shape index (κ3) is 2.72. The van der Waals surface area contributed by atoms with Crippen molar-refractivity contribution in [3.8, 4) is 0 Å². The molecule has 0 amide bonds. The Morgan fingerprint density at radius 1 is 1.23 bits per heavy atom. The first-order valence-electron chi connectivity index (χ1n) is 9.48. The van der Waals surface area contributed by atoms with Gasteiger partial charge in [0.05, 0.1) is 6.10 Å². The number of imidazole rings is 1. The van der Waals surface area contributed by atoms with Crippen molar-refractivity contribution in [3.05, 3.63) is 5.69 Å². The third-order valence-electron chi connectivity index (χ3n) is 6.44. The fraction of sp³-hybridized carbons (Fsp3) is 0.778. The normalized spacial score (nSPS) is 33.0. The largest absolute Gasteiger partial charge is 0.393 e. The second-order valence-corrected chi connectivity index (χ2v) is 8.65. The monoisotopic (exact) mass is 380 g/mol. The van der Waals surface area contributed by atoms with Crippen LogP contribution in [0, 0.1) is 11.8 Å². The van der Waals surface area contributed by atoms with Gasteiger partial charge in [0.1, 0.15) is 17.7 Å². The van der Waals surface area contributed by atoms with E-state index in [-0.39, 0.29) is 12.3 Å². The third-order valence-corrected chi connectivity index (χ3v) is 6.79. The van der Waals surface area contributed by atoms with Crippen LogP contribution in [0.1, 0.15) is 45.0 Å². The van der Waals surface area contributed by atoms with Crippen LogP contribution in [0.3, 0.4) is 0 Å². The Labute approximate surface area is 160 Å². The highest BCUT2D eigenvalue weighted by Gasteiger charge is 2.46. The quantitative estimate of drug-likeness (QED) is 0.782. The van der Waals surface area contributed by atoms with Crippen molar-refractivity contribution < 1.29 is 5.11 Å². The van der Waals surface area contributed by atoms with E-state index in [4.69, 9.17) is 16.6 Å². The van der Waals surface area contributed by atoms with Gasteiger partial charge in [-0.25, -0.2) is 9.98 Å². The van der Waals surface area contributed by atoms with Crippen LogP contribution in [-0.2, 0) is 7.05 Å². The molecule has 1 aliphatic heterocycles. The molecule has 26 heavy (non-hydrogen) atoms. The number of hydrogen-bond acceptors (Lipinski definition) is 6. The molecule has 1 aromatic heterocycles. The number of anilines is 2. The van der Waals surface area contributed by atoms with E-state index in [1.54, 1.807) is 0 Å². The van der Waals surface area contributed by atoms with Gasteiger partial charge in [-0.1, -0.05) is 0 Å². The van der Waals surface area contributed by atoms with Gasteiger partial charge in [-0.2, -0.15) is 0 Å². The molecular weight excluding hydrogens is 352 g/mol. The Balaban J connectivity index is 1.64. The summed E-state index contributed by atoms with van der Waals surface area (Å²) in [6, 6.07) is 0.712. The van der Waals surface area contributed by atoms with Crippen LogP contribution in [0.5, 0.6) is 0 Å². The number of aliphatic hydroxyl groups is 1. The maximum Gasteiger partial charge on any atom is 0.207 e. The number of halogens is 1. The summed E-state index contributed by atoms with van der Waals surface area (Å²) < 4.78 is 2.09. The summed E-state index contributed by atoms with van der Waals surface area (Å²) in [6.07, 6.45) is 2.64. The van der Waals surface area contributed by atoms with E-state index >= 15 is 0 Å². The van der Waals surface area contributed by atoms with E-state index in [9.17, 15) is 5.11 Å². The summed E-state index contributed by atoms with van der Waals surface area (Å²) in [5.74, 6) is 2.84. The molecule has 8 heteroatoms. The molecule has 3 aliphatic rings. The Kier molecular flexibility index (Phi) is 4.44. The van der Waals surface area contributed by atoms with E-state index < -0.39 is 0 Å². The average molecular weight is 381 g/mol. The van der Waals surface area contributed by atoms with Crippen molar-refractivity contribution in [2.75, 3.05) is 23.9 Å². The fourth-order valence-electron chi connectivity index (χ4n) is 4.74. The summed E-state index contributed by atoms with van der Waals surface area (Å²) in [7, 11) is 6.01. The van der Waals surface area contributed by atoms with Gasteiger partial charge >= 0.3 is 0 Å². The zero-order chi connectivity index (χ0) is 18.7. The van der Waals surface area contributed by atoms with Gasteiger partial charge < -0.3 is 14.9 Å². The number of hydrogen-bond donors (Lipinski definition) is 2. The van der Waals surface area contributed by atoms with Crippen LogP contribution in [0.15, 0.2) is 4.99 Å². The van der Waals surface area contributed by atoms with Gasteiger partial charge in [0.15, 0.2) is 0 Å². The lowest BCUT2D eigenvalue weighted by Crippen LogP contribution is -2.41. The van der Waals surface area contributed by atoms with Crippen molar-refractivity contribution in [1.29, 1.82) is 0 Å². The highest BCUT2D eigenvalue weighted by molar-refractivity contribution is 6.68. The molecule has 2 bridgehead atoms. The van der Waals surface area contributed by atoms with E-state index in [1.807, 2.05) is 19.0 Å². The lowest BCUT2D eigenvalue weighted by molar-refractivity contribution is 0.100. The van der Waals surface area contributed by atoms with Crippen LogP contribution in [0.4, 0.5) is 11.8 Å². The van der Waals surface area contributed by atoms with Crippen molar-refractivity contribution in [2.24, 2.45) is 23.9 Å². The van der Waals surface area contributed by atoms with E-state index in [2.05, 4.69) is 40.7 Å². The first kappa shape index (κ1) is 18.1. The van der Waals surface area contributed by atoms with Crippen LogP contribution in [0.2, 0.25) is 0 Å². The molecule has 2 N–H and O–H groups in total. The SMILES string of the molecule is CC(C)N(C)c1nc2c(n1C)N(C)C(Cl)=NC2NC1CC2CC1CC2O.